The number of nitrogens with two attached hydrogens (primary N) is 1. The Balaban J connectivity index is 2.15. The summed E-state index contributed by atoms with van der Waals surface area (Å²) in [4.78, 5) is 1.20. The lowest BCUT2D eigenvalue weighted by Gasteiger charge is -2.13. The van der Waals surface area contributed by atoms with E-state index in [2.05, 4.69) is 5.43 Å². The second-order valence-corrected chi connectivity index (χ2v) is 5.36. The summed E-state index contributed by atoms with van der Waals surface area (Å²) in [5.41, 5.74) is 3.90. The third-order valence-corrected chi connectivity index (χ3v) is 3.76. The third-order valence-electron chi connectivity index (χ3n) is 2.51. The summed E-state index contributed by atoms with van der Waals surface area (Å²) in [7, 11) is 0. The van der Waals surface area contributed by atoms with Gasteiger partial charge >= 0.3 is 0 Å². The van der Waals surface area contributed by atoms with Crippen LogP contribution in [-0.4, -0.2) is 0 Å². The van der Waals surface area contributed by atoms with Crippen LogP contribution in [0.1, 0.15) is 22.2 Å². The van der Waals surface area contributed by atoms with Gasteiger partial charge in [0.05, 0.1) is 16.6 Å². The first kappa shape index (κ1) is 11.7. The number of halogens is 1. The highest BCUT2D eigenvalue weighted by atomic mass is 35.5. The molecule has 0 amide bonds. The van der Waals surface area contributed by atoms with E-state index >= 15 is 0 Å². The maximum Gasteiger partial charge on any atom is 0.105 e. The molecule has 0 aliphatic carbocycles. The molecular weight excluding hydrogens is 244 g/mol. The SMILES string of the molecule is Cc1occc1C(Cc1ccc(Cl)s1)NN. The minimum atomic E-state index is 0.0634. The monoisotopic (exact) mass is 256 g/mol. The Labute approximate surface area is 103 Å². The van der Waals surface area contributed by atoms with Gasteiger partial charge in [0.2, 0.25) is 0 Å². The van der Waals surface area contributed by atoms with Crippen molar-refractivity contribution in [3.63, 3.8) is 0 Å². The molecular formula is C11H13ClN2OS. The minimum Gasteiger partial charge on any atom is -0.469 e. The van der Waals surface area contributed by atoms with Crippen LogP contribution in [0.2, 0.25) is 4.34 Å². The van der Waals surface area contributed by atoms with E-state index in [1.54, 1.807) is 17.6 Å². The van der Waals surface area contributed by atoms with Gasteiger partial charge in [0, 0.05) is 16.9 Å². The molecule has 1 unspecified atom stereocenters. The average Bonchev–Trinajstić information content (AvgIpc) is 2.84. The minimum absolute atomic E-state index is 0.0634. The van der Waals surface area contributed by atoms with Gasteiger partial charge in [-0.3, -0.25) is 11.3 Å². The van der Waals surface area contributed by atoms with Crippen LogP contribution in [0.25, 0.3) is 0 Å². The lowest BCUT2D eigenvalue weighted by atomic mass is 10.0. The van der Waals surface area contributed by atoms with Crippen molar-refractivity contribution >= 4 is 22.9 Å². The van der Waals surface area contributed by atoms with Gasteiger partial charge < -0.3 is 4.42 Å². The first-order chi connectivity index (χ1) is 7.70. The molecule has 0 bridgehead atoms. The van der Waals surface area contributed by atoms with Crippen molar-refractivity contribution in [3.05, 3.63) is 45.0 Å². The second-order valence-electron chi connectivity index (χ2n) is 3.56. The molecule has 2 heterocycles. The van der Waals surface area contributed by atoms with Crippen molar-refractivity contribution in [2.75, 3.05) is 0 Å². The normalized spacial score (nSPS) is 12.9. The Morgan fingerprint density at radius 2 is 2.31 bits per heavy atom. The highest BCUT2D eigenvalue weighted by Gasteiger charge is 2.15. The lowest BCUT2D eigenvalue weighted by molar-refractivity contribution is 0.503. The molecule has 0 aliphatic heterocycles. The topological polar surface area (TPSA) is 51.2 Å². The van der Waals surface area contributed by atoms with Gasteiger partial charge in [0.25, 0.3) is 0 Å². The molecule has 0 aliphatic rings. The number of rotatable bonds is 4. The van der Waals surface area contributed by atoms with E-state index in [-0.39, 0.29) is 6.04 Å². The quantitative estimate of drug-likeness (QED) is 0.653. The number of hydrogen-bond donors (Lipinski definition) is 2. The summed E-state index contributed by atoms with van der Waals surface area (Å²) in [6, 6.07) is 5.92. The first-order valence-electron chi connectivity index (χ1n) is 4.95. The van der Waals surface area contributed by atoms with Crippen LogP contribution >= 0.6 is 22.9 Å². The number of nitrogens with one attached hydrogen (secondary N) is 1. The standard InChI is InChI=1S/C11H13ClN2OS/c1-7-9(4-5-15-7)10(14-13)6-8-2-3-11(12)16-8/h2-5,10,14H,6,13H2,1H3. The Hall–Kier alpha value is -0.810. The maximum atomic E-state index is 5.89. The van der Waals surface area contributed by atoms with E-state index in [0.29, 0.717) is 0 Å². The molecule has 2 aromatic heterocycles. The van der Waals surface area contributed by atoms with Gasteiger partial charge in [-0.1, -0.05) is 11.6 Å². The Morgan fingerprint density at radius 1 is 1.50 bits per heavy atom. The van der Waals surface area contributed by atoms with Gasteiger partial charge in [0.15, 0.2) is 0 Å². The Morgan fingerprint density at radius 3 is 2.81 bits per heavy atom. The third kappa shape index (κ3) is 2.47. The number of hydrogen-bond acceptors (Lipinski definition) is 4. The zero-order valence-electron chi connectivity index (χ0n) is 8.87. The van der Waals surface area contributed by atoms with Crippen molar-refractivity contribution in [1.82, 2.24) is 5.43 Å². The number of aryl methyl sites for hydroxylation is 1. The fraction of sp³-hybridized carbons (Fsp3) is 0.273. The number of hydrazine groups is 1. The van der Waals surface area contributed by atoms with Crippen molar-refractivity contribution < 1.29 is 4.42 Å². The molecule has 0 aromatic carbocycles. The second kappa shape index (κ2) is 5.01. The Kier molecular flexibility index (Phi) is 3.66. The smallest absolute Gasteiger partial charge is 0.105 e. The summed E-state index contributed by atoms with van der Waals surface area (Å²) in [6.07, 6.45) is 2.49. The predicted octanol–water partition coefficient (Wildman–Crippen LogP) is 3.05. The van der Waals surface area contributed by atoms with Crippen LogP contribution in [0.5, 0.6) is 0 Å². The molecule has 1 atom stereocenters. The fourth-order valence-electron chi connectivity index (χ4n) is 1.68. The molecule has 5 heteroatoms. The van der Waals surface area contributed by atoms with E-state index < -0.39 is 0 Å². The van der Waals surface area contributed by atoms with Crippen LogP contribution in [0, 0.1) is 6.92 Å². The van der Waals surface area contributed by atoms with Crippen LogP contribution in [0.15, 0.2) is 28.9 Å². The molecule has 3 nitrogen and oxygen atoms in total. The van der Waals surface area contributed by atoms with Gasteiger partial charge in [-0.15, -0.1) is 11.3 Å². The molecule has 2 rings (SSSR count). The van der Waals surface area contributed by atoms with Crippen LogP contribution in [0.4, 0.5) is 0 Å². The predicted molar refractivity (Wildman–Crippen MR) is 66.5 cm³/mol. The summed E-state index contributed by atoms with van der Waals surface area (Å²) in [6.45, 7) is 1.93. The van der Waals surface area contributed by atoms with E-state index in [1.165, 1.54) is 4.88 Å². The maximum absolute atomic E-state index is 5.89. The molecule has 0 radical (unpaired) electrons. The van der Waals surface area contributed by atoms with Gasteiger partial charge in [-0.05, 0) is 25.1 Å². The summed E-state index contributed by atoms with van der Waals surface area (Å²) >= 11 is 7.47. The summed E-state index contributed by atoms with van der Waals surface area (Å²) < 4.78 is 6.07. The van der Waals surface area contributed by atoms with Crippen molar-refractivity contribution in [3.8, 4) is 0 Å². The molecule has 0 spiro atoms. The molecule has 86 valence electrons. The number of thiophene rings is 1. The molecule has 3 N–H and O–H groups in total. The van der Waals surface area contributed by atoms with E-state index in [1.807, 2.05) is 25.1 Å². The van der Waals surface area contributed by atoms with E-state index in [9.17, 15) is 0 Å². The molecule has 0 saturated carbocycles. The fourth-order valence-corrected chi connectivity index (χ4v) is 2.81. The highest BCUT2D eigenvalue weighted by molar-refractivity contribution is 7.16. The van der Waals surface area contributed by atoms with E-state index in [0.717, 1.165) is 22.1 Å². The molecule has 2 aromatic rings. The summed E-state index contributed by atoms with van der Waals surface area (Å²) in [5, 5.41) is 0. The lowest BCUT2D eigenvalue weighted by Crippen LogP contribution is -2.29. The van der Waals surface area contributed by atoms with Crippen LogP contribution < -0.4 is 11.3 Å². The molecule has 0 fully saturated rings. The zero-order chi connectivity index (χ0) is 11.5. The highest BCUT2D eigenvalue weighted by Crippen LogP contribution is 2.27. The van der Waals surface area contributed by atoms with Crippen molar-refractivity contribution in [2.45, 2.75) is 19.4 Å². The van der Waals surface area contributed by atoms with Gasteiger partial charge in [-0.2, -0.15) is 0 Å². The van der Waals surface area contributed by atoms with Gasteiger partial charge in [-0.25, -0.2) is 0 Å². The molecule has 0 saturated heterocycles. The largest absolute Gasteiger partial charge is 0.469 e. The first-order valence-corrected chi connectivity index (χ1v) is 6.14. The van der Waals surface area contributed by atoms with Crippen LogP contribution in [0.3, 0.4) is 0 Å². The molecule has 16 heavy (non-hydrogen) atoms. The van der Waals surface area contributed by atoms with Crippen LogP contribution in [-0.2, 0) is 6.42 Å². The van der Waals surface area contributed by atoms with Crippen molar-refractivity contribution in [2.24, 2.45) is 5.84 Å². The summed E-state index contributed by atoms with van der Waals surface area (Å²) in [5.74, 6) is 6.46. The van der Waals surface area contributed by atoms with E-state index in [4.69, 9.17) is 21.9 Å². The van der Waals surface area contributed by atoms with Gasteiger partial charge in [0.1, 0.15) is 5.76 Å². The van der Waals surface area contributed by atoms with Crippen molar-refractivity contribution in [1.29, 1.82) is 0 Å². The number of furan rings is 1. The Bertz CT molecular complexity index is 466. The average molecular weight is 257 g/mol. The zero-order valence-corrected chi connectivity index (χ0v) is 10.4.